The van der Waals surface area contributed by atoms with Crippen molar-refractivity contribution < 1.29 is 12.8 Å². The van der Waals surface area contributed by atoms with E-state index in [1.54, 1.807) is 12.1 Å². The van der Waals surface area contributed by atoms with Crippen LogP contribution in [-0.2, 0) is 16.6 Å². The van der Waals surface area contributed by atoms with Crippen LogP contribution < -0.4 is 10.0 Å². The molecule has 0 aliphatic heterocycles. The Labute approximate surface area is 126 Å². The van der Waals surface area contributed by atoms with Gasteiger partial charge in [0.05, 0.1) is 6.54 Å². The van der Waals surface area contributed by atoms with Gasteiger partial charge in [0.1, 0.15) is 5.76 Å². The fourth-order valence-corrected chi connectivity index (χ4v) is 3.89. The third-order valence-corrected chi connectivity index (χ3v) is 5.70. The zero-order valence-corrected chi connectivity index (χ0v) is 13.1. The predicted octanol–water partition coefficient (Wildman–Crippen LogP) is 2.39. The molecule has 3 rings (SSSR count). The molecule has 118 valence electrons. The molecule has 1 aromatic rings. The van der Waals surface area contributed by atoms with Gasteiger partial charge in [-0.25, -0.2) is 13.1 Å². The standard InChI is InChI=1S/C15H24N2O3S/c18-21(19,17-10-9-12-3-1-2-4-12)15-8-7-14(20-15)11-16-13-5-6-13/h7-8,12-13,16-17H,1-6,9-11H2. The van der Waals surface area contributed by atoms with Crippen LogP contribution >= 0.6 is 0 Å². The quantitative estimate of drug-likeness (QED) is 0.773. The highest BCUT2D eigenvalue weighted by molar-refractivity contribution is 7.89. The SMILES string of the molecule is O=S(=O)(NCCC1CCCC1)c1ccc(CNC2CC2)o1. The molecule has 2 N–H and O–H groups in total. The molecule has 0 saturated heterocycles. The van der Waals surface area contributed by atoms with Gasteiger partial charge in [-0.1, -0.05) is 25.7 Å². The number of rotatable bonds is 8. The first-order valence-corrected chi connectivity index (χ1v) is 9.43. The average molecular weight is 312 g/mol. The molecular weight excluding hydrogens is 288 g/mol. The maximum atomic E-state index is 12.1. The molecule has 0 aromatic carbocycles. The van der Waals surface area contributed by atoms with Crippen molar-refractivity contribution >= 4 is 10.0 Å². The van der Waals surface area contributed by atoms with Crippen LogP contribution in [0.15, 0.2) is 21.6 Å². The zero-order valence-electron chi connectivity index (χ0n) is 12.3. The van der Waals surface area contributed by atoms with E-state index in [1.165, 1.54) is 38.5 Å². The van der Waals surface area contributed by atoms with Crippen molar-refractivity contribution in [2.45, 2.75) is 62.6 Å². The summed E-state index contributed by atoms with van der Waals surface area (Å²) in [6.07, 6.45) is 8.37. The monoisotopic (exact) mass is 312 g/mol. The van der Waals surface area contributed by atoms with E-state index in [4.69, 9.17) is 4.42 Å². The molecule has 5 nitrogen and oxygen atoms in total. The van der Waals surface area contributed by atoms with E-state index in [0.29, 0.717) is 30.8 Å². The van der Waals surface area contributed by atoms with Crippen molar-refractivity contribution in [2.75, 3.05) is 6.54 Å². The van der Waals surface area contributed by atoms with E-state index < -0.39 is 10.0 Å². The molecule has 0 radical (unpaired) electrons. The van der Waals surface area contributed by atoms with Crippen LogP contribution in [-0.4, -0.2) is 21.0 Å². The van der Waals surface area contributed by atoms with Crippen LogP contribution in [0.5, 0.6) is 0 Å². The molecule has 1 aromatic heterocycles. The van der Waals surface area contributed by atoms with E-state index in [-0.39, 0.29) is 5.09 Å². The van der Waals surface area contributed by atoms with Crippen LogP contribution in [0.3, 0.4) is 0 Å². The summed E-state index contributed by atoms with van der Waals surface area (Å²) in [6.45, 7) is 1.10. The Hall–Kier alpha value is -0.850. The molecule has 2 fully saturated rings. The predicted molar refractivity (Wildman–Crippen MR) is 80.3 cm³/mol. The van der Waals surface area contributed by atoms with Gasteiger partial charge in [-0.3, -0.25) is 0 Å². The third kappa shape index (κ3) is 4.31. The molecule has 0 spiro atoms. The zero-order chi connectivity index (χ0) is 14.7. The van der Waals surface area contributed by atoms with E-state index in [2.05, 4.69) is 10.0 Å². The van der Waals surface area contributed by atoms with Crippen molar-refractivity contribution in [1.82, 2.24) is 10.0 Å². The first-order chi connectivity index (χ1) is 10.1. The van der Waals surface area contributed by atoms with Gasteiger partial charge in [0, 0.05) is 12.6 Å². The third-order valence-electron chi connectivity index (χ3n) is 4.36. The average Bonchev–Trinajstić information content (AvgIpc) is 2.93. The van der Waals surface area contributed by atoms with Crippen LogP contribution in [0.2, 0.25) is 0 Å². The number of hydrogen-bond donors (Lipinski definition) is 2. The van der Waals surface area contributed by atoms with E-state index in [9.17, 15) is 8.42 Å². The molecule has 0 amide bonds. The molecule has 1 heterocycles. The highest BCUT2D eigenvalue weighted by Gasteiger charge is 2.23. The lowest BCUT2D eigenvalue weighted by Crippen LogP contribution is -2.25. The van der Waals surface area contributed by atoms with Gasteiger partial charge in [0.2, 0.25) is 5.09 Å². The minimum Gasteiger partial charge on any atom is -0.447 e. The second-order valence-electron chi connectivity index (χ2n) is 6.21. The summed E-state index contributed by atoms with van der Waals surface area (Å²) >= 11 is 0. The number of nitrogens with one attached hydrogen (secondary N) is 2. The van der Waals surface area contributed by atoms with Gasteiger partial charge in [-0.2, -0.15) is 0 Å². The van der Waals surface area contributed by atoms with Crippen LogP contribution in [0.1, 0.15) is 50.7 Å². The Balaban J connectivity index is 1.48. The highest BCUT2D eigenvalue weighted by Crippen LogP contribution is 2.27. The maximum absolute atomic E-state index is 12.1. The molecule has 0 unspecified atom stereocenters. The Morgan fingerprint density at radius 3 is 2.62 bits per heavy atom. The fourth-order valence-electron chi connectivity index (χ4n) is 2.90. The van der Waals surface area contributed by atoms with Gasteiger partial charge in [-0.05, 0) is 37.3 Å². The van der Waals surface area contributed by atoms with E-state index in [1.807, 2.05) is 0 Å². The molecule has 2 aliphatic rings. The fraction of sp³-hybridized carbons (Fsp3) is 0.733. The molecule has 0 atom stereocenters. The summed E-state index contributed by atoms with van der Waals surface area (Å²) in [5.74, 6) is 1.36. The number of hydrogen-bond acceptors (Lipinski definition) is 4. The van der Waals surface area contributed by atoms with Crippen molar-refractivity contribution in [3.63, 3.8) is 0 Å². The van der Waals surface area contributed by atoms with Gasteiger partial charge < -0.3 is 9.73 Å². The van der Waals surface area contributed by atoms with Crippen molar-refractivity contribution in [3.05, 3.63) is 17.9 Å². The van der Waals surface area contributed by atoms with Crippen LogP contribution in [0, 0.1) is 5.92 Å². The molecule has 6 heteroatoms. The smallest absolute Gasteiger partial charge is 0.273 e. The van der Waals surface area contributed by atoms with E-state index in [0.717, 1.165) is 6.42 Å². The molecule has 2 aliphatic carbocycles. The Morgan fingerprint density at radius 1 is 1.14 bits per heavy atom. The van der Waals surface area contributed by atoms with Gasteiger partial charge in [0.15, 0.2) is 0 Å². The van der Waals surface area contributed by atoms with Gasteiger partial charge in [-0.15, -0.1) is 0 Å². The normalized spacial score (nSPS) is 20.2. The molecule has 2 saturated carbocycles. The minimum absolute atomic E-state index is 0.0292. The summed E-state index contributed by atoms with van der Waals surface area (Å²) < 4.78 is 32.4. The molecule has 0 bridgehead atoms. The first-order valence-electron chi connectivity index (χ1n) is 7.95. The summed E-state index contributed by atoms with van der Waals surface area (Å²) in [6, 6.07) is 3.86. The summed E-state index contributed by atoms with van der Waals surface area (Å²) in [7, 11) is -3.50. The van der Waals surface area contributed by atoms with E-state index >= 15 is 0 Å². The summed E-state index contributed by atoms with van der Waals surface area (Å²) in [4.78, 5) is 0. The lowest BCUT2D eigenvalue weighted by atomic mass is 10.1. The molecule has 21 heavy (non-hydrogen) atoms. The second kappa shape index (κ2) is 6.50. The van der Waals surface area contributed by atoms with Crippen LogP contribution in [0.4, 0.5) is 0 Å². The summed E-state index contributed by atoms with van der Waals surface area (Å²) in [5.41, 5.74) is 0. The second-order valence-corrected chi connectivity index (χ2v) is 7.91. The highest BCUT2D eigenvalue weighted by atomic mass is 32.2. The lowest BCUT2D eigenvalue weighted by Gasteiger charge is -2.09. The van der Waals surface area contributed by atoms with Crippen LogP contribution in [0.25, 0.3) is 0 Å². The topological polar surface area (TPSA) is 71.3 Å². The largest absolute Gasteiger partial charge is 0.447 e. The van der Waals surface area contributed by atoms with Gasteiger partial charge >= 0.3 is 0 Å². The lowest BCUT2D eigenvalue weighted by molar-refractivity contribution is 0.398. The Kier molecular flexibility index (Phi) is 4.66. The summed E-state index contributed by atoms with van der Waals surface area (Å²) in [5, 5.41) is 3.34. The molecular formula is C15H24N2O3S. The number of sulfonamides is 1. The number of furan rings is 1. The minimum atomic E-state index is -3.50. The first kappa shape index (κ1) is 15.1. The Morgan fingerprint density at radius 2 is 1.90 bits per heavy atom. The van der Waals surface area contributed by atoms with Crippen molar-refractivity contribution in [3.8, 4) is 0 Å². The van der Waals surface area contributed by atoms with Crippen molar-refractivity contribution in [1.29, 1.82) is 0 Å². The Bertz CT molecular complexity index is 557. The maximum Gasteiger partial charge on any atom is 0.273 e. The van der Waals surface area contributed by atoms with Crippen molar-refractivity contribution in [2.24, 2.45) is 5.92 Å². The van der Waals surface area contributed by atoms with Gasteiger partial charge in [0.25, 0.3) is 10.0 Å².